The van der Waals surface area contributed by atoms with E-state index >= 15 is 0 Å². The van der Waals surface area contributed by atoms with Crippen molar-refractivity contribution in [1.82, 2.24) is 15.3 Å². The van der Waals surface area contributed by atoms with E-state index in [9.17, 15) is 4.79 Å². The molecule has 7 nitrogen and oxygen atoms in total. The summed E-state index contributed by atoms with van der Waals surface area (Å²) in [6, 6.07) is 9.29. The summed E-state index contributed by atoms with van der Waals surface area (Å²) in [6.45, 7) is 1.48. The monoisotopic (exact) mass is 337 g/mol. The molecule has 0 aliphatic carbocycles. The number of hydrogen-bond acceptors (Lipinski definition) is 5. The lowest BCUT2D eigenvalue weighted by molar-refractivity contribution is 0.252. The first-order chi connectivity index (χ1) is 12.3. The summed E-state index contributed by atoms with van der Waals surface area (Å²) >= 11 is 0. The number of rotatable bonds is 4. The lowest BCUT2D eigenvalue weighted by Gasteiger charge is -2.17. The minimum Gasteiger partial charge on any atom is -0.443 e. The predicted molar refractivity (Wildman–Crippen MR) is 95.8 cm³/mol. The van der Waals surface area contributed by atoms with E-state index in [4.69, 9.17) is 4.42 Å². The van der Waals surface area contributed by atoms with Crippen LogP contribution >= 0.6 is 0 Å². The van der Waals surface area contributed by atoms with Crippen LogP contribution in [0.5, 0.6) is 0 Å². The summed E-state index contributed by atoms with van der Waals surface area (Å²) in [5, 5.41) is 8.97. The fraction of sp³-hybridized carbons (Fsp3) is 0.278. The van der Waals surface area contributed by atoms with Gasteiger partial charge in [0.2, 0.25) is 0 Å². The van der Waals surface area contributed by atoms with E-state index in [1.54, 1.807) is 12.1 Å². The highest BCUT2D eigenvalue weighted by Gasteiger charge is 2.11. The number of nitrogens with one attached hydrogen (secondary N) is 3. The normalized spacial score (nSPS) is 13.1. The Bertz CT molecular complexity index is 905. The number of benzene rings is 1. The third-order valence-electron chi connectivity index (χ3n) is 4.23. The molecule has 2 aromatic heterocycles. The van der Waals surface area contributed by atoms with Gasteiger partial charge in [0.25, 0.3) is 0 Å². The van der Waals surface area contributed by atoms with Crippen LogP contribution in [0.4, 0.5) is 16.3 Å². The van der Waals surface area contributed by atoms with Crippen LogP contribution in [0.15, 0.2) is 41.1 Å². The van der Waals surface area contributed by atoms with Gasteiger partial charge < -0.3 is 20.4 Å². The second-order valence-electron chi connectivity index (χ2n) is 5.98. The highest BCUT2D eigenvalue weighted by Crippen LogP contribution is 2.21. The zero-order valence-electron chi connectivity index (χ0n) is 13.7. The molecule has 0 radical (unpaired) electrons. The van der Waals surface area contributed by atoms with Gasteiger partial charge in [0, 0.05) is 25.2 Å². The van der Waals surface area contributed by atoms with E-state index in [2.05, 4.69) is 32.0 Å². The lowest BCUT2D eigenvalue weighted by Crippen LogP contribution is -2.30. The standard InChI is InChI=1S/C18H19N5O2/c24-18(23-14-4-1-5-15-16(14)21-11-25-15)20-10-8-13-7-6-12-3-2-9-19-17(12)22-13/h1,4-7,11H,2-3,8-10H2,(H,19,22)(H2,20,23,24). The van der Waals surface area contributed by atoms with Crippen LogP contribution in [0.3, 0.4) is 0 Å². The molecule has 3 N–H and O–H groups in total. The molecule has 3 heterocycles. The maximum Gasteiger partial charge on any atom is 0.319 e. The molecule has 0 spiro atoms. The molecule has 0 saturated heterocycles. The highest BCUT2D eigenvalue weighted by molar-refractivity contribution is 5.98. The van der Waals surface area contributed by atoms with Gasteiger partial charge in [-0.15, -0.1) is 0 Å². The number of anilines is 2. The molecule has 7 heteroatoms. The third-order valence-corrected chi connectivity index (χ3v) is 4.23. The Morgan fingerprint density at radius 1 is 1.28 bits per heavy atom. The van der Waals surface area contributed by atoms with Crippen LogP contribution in [0.1, 0.15) is 17.7 Å². The molecule has 3 aromatic rings. The fourth-order valence-corrected chi connectivity index (χ4v) is 2.97. The van der Waals surface area contributed by atoms with Gasteiger partial charge in [0.15, 0.2) is 12.0 Å². The van der Waals surface area contributed by atoms with Gasteiger partial charge in [-0.2, -0.15) is 0 Å². The number of pyridine rings is 1. The summed E-state index contributed by atoms with van der Waals surface area (Å²) in [7, 11) is 0. The summed E-state index contributed by atoms with van der Waals surface area (Å²) in [4.78, 5) is 20.8. The maximum atomic E-state index is 12.1. The number of aryl methyl sites for hydroxylation is 1. The van der Waals surface area contributed by atoms with Crippen molar-refractivity contribution in [3.05, 3.63) is 48.0 Å². The predicted octanol–water partition coefficient (Wildman–Crippen LogP) is 2.95. The number of urea groups is 1. The van der Waals surface area contributed by atoms with Crippen LogP contribution in [0.25, 0.3) is 11.1 Å². The third kappa shape index (κ3) is 3.40. The zero-order chi connectivity index (χ0) is 17.1. The summed E-state index contributed by atoms with van der Waals surface area (Å²) in [5.74, 6) is 0.978. The molecule has 0 atom stereocenters. The van der Waals surface area contributed by atoms with Crippen molar-refractivity contribution < 1.29 is 9.21 Å². The topological polar surface area (TPSA) is 92.1 Å². The van der Waals surface area contributed by atoms with Crippen molar-refractivity contribution in [3.8, 4) is 0 Å². The van der Waals surface area contributed by atoms with Gasteiger partial charge in [-0.25, -0.2) is 14.8 Å². The van der Waals surface area contributed by atoms with Crippen molar-refractivity contribution in [2.45, 2.75) is 19.3 Å². The second-order valence-corrected chi connectivity index (χ2v) is 5.98. The summed E-state index contributed by atoms with van der Waals surface area (Å²) < 4.78 is 5.23. The first-order valence-corrected chi connectivity index (χ1v) is 8.39. The Morgan fingerprint density at radius 3 is 3.20 bits per heavy atom. The number of carbonyl (C=O) groups is 1. The van der Waals surface area contributed by atoms with E-state index in [-0.39, 0.29) is 6.03 Å². The van der Waals surface area contributed by atoms with Crippen molar-refractivity contribution in [3.63, 3.8) is 0 Å². The minimum absolute atomic E-state index is 0.272. The summed E-state index contributed by atoms with van der Waals surface area (Å²) in [5.41, 5.74) is 4.14. The first kappa shape index (κ1) is 15.4. The number of para-hydroxylation sites is 1. The molecule has 1 aliphatic heterocycles. The van der Waals surface area contributed by atoms with Gasteiger partial charge >= 0.3 is 6.03 Å². The second kappa shape index (κ2) is 6.80. The van der Waals surface area contributed by atoms with Gasteiger partial charge in [-0.3, -0.25) is 0 Å². The Labute approximate surface area is 144 Å². The maximum absolute atomic E-state index is 12.1. The average Bonchev–Trinajstić information content (AvgIpc) is 3.11. The number of oxazole rings is 1. The average molecular weight is 337 g/mol. The van der Waals surface area contributed by atoms with E-state index in [1.165, 1.54) is 12.0 Å². The number of aromatic nitrogens is 2. The van der Waals surface area contributed by atoms with Crippen LogP contribution in [-0.2, 0) is 12.8 Å². The molecule has 2 amide bonds. The van der Waals surface area contributed by atoms with E-state index in [0.29, 0.717) is 29.8 Å². The van der Waals surface area contributed by atoms with Gasteiger partial charge in [0.1, 0.15) is 11.3 Å². The Hall–Kier alpha value is -3.09. The van der Waals surface area contributed by atoms with Crippen LogP contribution < -0.4 is 16.0 Å². The van der Waals surface area contributed by atoms with Crippen LogP contribution in [0.2, 0.25) is 0 Å². The van der Waals surface area contributed by atoms with Crippen molar-refractivity contribution in [2.75, 3.05) is 23.7 Å². The van der Waals surface area contributed by atoms with Crippen molar-refractivity contribution in [1.29, 1.82) is 0 Å². The molecule has 0 bridgehead atoms. The van der Waals surface area contributed by atoms with E-state index in [0.717, 1.165) is 30.9 Å². The molecular formula is C18H19N5O2. The first-order valence-electron chi connectivity index (χ1n) is 8.39. The Morgan fingerprint density at radius 2 is 2.24 bits per heavy atom. The lowest BCUT2D eigenvalue weighted by atomic mass is 10.1. The van der Waals surface area contributed by atoms with Crippen LogP contribution in [0, 0.1) is 0 Å². The number of hydrogen-bond donors (Lipinski definition) is 3. The SMILES string of the molecule is O=C(NCCc1ccc2c(n1)NCCC2)Nc1cccc2ocnc12. The zero-order valence-corrected chi connectivity index (χ0v) is 13.7. The number of fused-ring (bicyclic) bond motifs is 2. The molecule has 0 fully saturated rings. The van der Waals surface area contributed by atoms with E-state index in [1.807, 2.05) is 12.1 Å². The molecule has 25 heavy (non-hydrogen) atoms. The molecular weight excluding hydrogens is 318 g/mol. The molecule has 1 aromatic carbocycles. The summed E-state index contributed by atoms with van der Waals surface area (Å²) in [6.07, 6.45) is 4.26. The fourth-order valence-electron chi connectivity index (χ4n) is 2.97. The van der Waals surface area contributed by atoms with Crippen molar-refractivity contribution >= 4 is 28.6 Å². The Kier molecular flexibility index (Phi) is 4.20. The Balaban J connectivity index is 1.32. The van der Waals surface area contributed by atoms with Crippen LogP contribution in [-0.4, -0.2) is 29.1 Å². The molecule has 0 unspecified atom stereocenters. The highest BCUT2D eigenvalue weighted by atomic mass is 16.3. The van der Waals surface area contributed by atoms with E-state index < -0.39 is 0 Å². The van der Waals surface area contributed by atoms with Gasteiger partial charge in [0.05, 0.1) is 5.69 Å². The molecule has 4 rings (SSSR count). The number of nitrogens with zero attached hydrogens (tertiary/aromatic N) is 2. The smallest absolute Gasteiger partial charge is 0.319 e. The molecule has 1 aliphatic rings. The number of amides is 2. The molecule has 128 valence electrons. The quantitative estimate of drug-likeness (QED) is 0.681. The number of carbonyl (C=O) groups excluding carboxylic acids is 1. The molecule has 0 saturated carbocycles. The largest absolute Gasteiger partial charge is 0.443 e. The van der Waals surface area contributed by atoms with Gasteiger partial charge in [-0.1, -0.05) is 12.1 Å². The minimum atomic E-state index is -0.272. The van der Waals surface area contributed by atoms with Crippen molar-refractivity contribution in [2.24, 2.45) is 0 Å². The van der Waals surface area contributed by atoms with Gasteiger partial charge in [-0.05, 0) is 36.6 Å².